The number of carbonyl (C=O) groups is 1. The van der Waals surface area contributed by atoms with E-state index >= 15 is 0 Å². The van der Waals surface area contributed by atoms with Gasteiger partial charge in [0.05, 0.1) is 10.9 Å². The van der Waals surface area contributed by atoms with Crippen LogP contribution in [0.15, 0.2) is 46.7 Å². The quantitative estimate of drug-likeness (QED) is 0.792. The van der Waals surface area contributed by atoms with E-state index in [1.54, 1.807) is 11.3 Å². The van der Waals surface area contributed by atoms with E-state index in [1.807, 2.05) is 24.4 Å². The first kappa shape index (κ1) is 20.0. The lowest BCUT2D eigenvalue weighted by Crippen LogP contribution is -2.43. The Labute approximate surface area is 163 Å². The lowest BCUT2D eigenvalue weighted by atomic mass is 9.96. The molecule has 0 spiro atoms. The van der Waals surface area contributed by atoms with Crippen LogP contribution in [0.2, 0.25) is 0 Å². The summed E-state index contributed by atoms with van der Waals surface area (Å²) in [4.78, 5) is 13.8. The van der Waals surface area contributed by atoms with Gasteiger partial charge in [-0.2, -0.15) is 4.31 Å². The number of piperidine rings is 1. The number of halogens is 1. The number of hydrogen-bond donors (Lipinski definition) is 1. The van der Waals surface area contributed by atoms with Crippen molar-refractivity contribution in [3.8, 4) is 0 Å². The van der Waals surface area contributed by atoms with Gasteiger partial charge in [0.1, 0.15) is 5.82 Å². The maximum absolute atomic E-state index is 13.0. The van der Waals surface area contributed by atoms with Crippen LogP contribution in [0.25, 0.3) is 0 Å². The van der Waals surface area contributed by atoms with E-state index in [2.05, 4.69) is 5.32 Å². The van der Waals surface area contributed by atoms with Gasteiger partial charge in [0, 0.05) is 23.9 Å². The molecule has 0 bridgehead atoms. The molecule has 1 aliphatic heterocycles. The Morgan fingerprint density at radius 1 is 1.26 bits per heavy atom. The molecular formula is C19H23FN2O3S2. The minimum atomic E-state index is -3.65. The van der Waals surface area contributed by atoms with Crippen molar-refractivity contribution in [2.24, 2.45) is 5.92 Å². The summed E-state index contributed by atoms with van der Waals surface area (Å²) in [6.07, 6.45) is 1.77. The van der Waals surface area contributed by atoms with Crippen LogP contribution >= 0.6 is 11.3 Å². The van der Waals surface area contributed by atoms with Crippen LogP contribution in [-0.4, -0.2) is 31.7 Å². The number of thiophene rings is 1. The molecule has 1 aromatic heterocycles. The van der Waals surface area contributed by atoms with Gasteiger partial charge in [-0.15, -0.1) is 11.3 Å². The molecule has 27 heavy (non-hydrogen) atoms. The molecule has 3 rings (SSSR count). The summed E-state index contributed by atoms with van der Waals surface area (Å²) in [5.41, 5.74) is 0. The normalized spacial score (nSPS) is 17.6. The van der Waals surface area contributed by atoms with Crippen molar-refractivity contribution in [3.05, 3.63) is 52.5 Å². The highest BCUT2D eigenvalue weighted by Crippen LogP contribution is 2.26. The Kier molecular flexibility index (Phi) is 6.29. The van der Waals surface area contributed by atoms with Gasteiger partial charge >= 0.3 is 0 Å². The molecule has 2 aromatic rings. The third-order valence-electron chi connectivity index (χ3n) is 4.89. The largest absolute Gasteiger partial charge is 0.348 e. The molecule has 146 valence electrons. The average molecular weight is 411 g/mol. The van der Waals surface area contributed by atoms with Crippen LogP contribution < -0.4 is 5.32 Å². The van der Waals surface area contributed by atoms with Gasteiger partial charge in [-0.25, -0.2) is 12.8 Å². The number of nitrogens with one attached hydrogen (secondary N) is 1. The Morgan fingerprint density at radius 2 is 1.93 bits per heavy atom. The third-order valence-corrected chi connectivity index (χ3v) is 7.79. The lowest BCUT2D eigenvalue weighted by Gasteiger charge is -2.31. The SMILES string of the molecule is CCC(NC(=O)C1CCN(S(=O)(=O)c2ccc(F)cc2)CC1)c1cccs1. The predicted octanol–water partition coefficient (Wildman–Crippen LogP) is 3.56. The van der Waals surface area contributed by atoms with E-state index < -0.39 is 15.8 Å². The standard InChI is InChI=1S/C19H23FN2O3S2/c1-2-17(18-4-3-13-26-18)21-19(23)14-9-11-22(12-10-14)27(24,25)16-7-5-15(20)6-8-16/h3-8,13-14,17H,2,9-12H2,1H3,(H,21,23). The second-order valence-electron chi connectivity index (χ2n) is 6.62. The first-order valence-electron chi connectivity index (χ1n) is 9.01. The minimum Gasteiger partial charge on any atom is -0.348 e. The van der Waals surface area contributed by atoms with Crippen molar-refractivity contribution in [2.45, 2.75) is 37.1 Å². The first-order chi connectivity index (χ1) is 12.9. The molecule has 5 nitrogen and oxygen atoms in total. The molecule has 0 radical (unpaired) electrons. The molecule has 1 aliphatic rings. The van der Waals surface area contributed by atoms with Crippen molar-refractivity contribution in [2.75, 3.05) is 13.1 Å². The fourth-order valence-corrected chi connectivity index (χ4v) is 5.60. The van der Waals surface area contributed by atoms with Crippen molar-refractivity contribution in [3.63, 3.8) is 0 Å². The first-order valence-corrected chi connectivity index (χ1v) is 11.3. The van der Waals surface area contributed by atoms with Gasteiger partial charge in [0.15, 0.2) is 0 Å². The van der Waals surface area contributed by atoms with Crippen molar-refractivity contribution < 1.29 is 17.6 Å². The third kappa shape index (κ3) is 4.56. The molecule has 0 saturated carbocycles. The molecule has 1 unspecified atom stereocenters. The number of carbonyl (C=O) groups excluding carboxylic acids is 1. The number of benzene rings is 1. The highest BCUT2D eigenvalue weighted by molar-refractivity contribution is 7.89. The van der Waals surface area contributed by atoms with E-state index in [9.17, 15) is 17.6 Å². The van der Waals surface area contributed by atoms with E-state index in [0.29, 0.717) is 12.8 Å². The highest BCUT2D eigenvalue weighted by Gasteiger charge is 2.32. The highest BCUT2D eigenvalue weighted by atomic mass is 32.2. The fraction of sp³-hybridized carbons (Fsp3) is 0.421. The van der Waals surface area contributed by atoms with Gasteiger partial charge < -0.3 is 5.32 Å². The monoisotopic (exact) mass is 410 g/mol. The number of nitrogens with zero attached hydrogens (tertiary/aromatic N) is 1. The van der Waals surface area contributed by atoms with Crippen LogP contribution in [0.4, 0.5) is 4.39 Å². The zero-order valence-corrected chi connectivity index (χ0v) is 16.7. The van der Waals surface area contributed by atoms with Gasteiger partial charge in [-0.3, -0.25) is 4.79 Å². The van der Waals surface area contributed by atoms with Gasteiger partial charge in [0.25, 0.3) is 0 Å². The van der Waals surface area contributed by atoms with Crippen LogP contribution in [0.3, 0.4) is 0 Å². The van der Waals surface area contributed by atoms with Crippen molar-refractivity contribution >= 4 is 27.3 Å². The summed E-state index contributed by atoms with van der Waals surface area (Å²) in [7, 11) is -3.65. The summed E-state index contributed by atoms with van der Waals surface area (Å²) in [5.74, 6) is -0.687. The Bertz CT molecular complexity index is 859. The van der Waals surface area contributed by atoms with Crippen molar-refractivity contribution in [1.29, 1.82) is 0 Å². The molecule has 1 saturated heterocycles. The maximum atomic E-state index is 13.0. The smallest absolute Gasteiger partial charge is 0.243 e. The zero-order chi connectivity index (χ0) is 19.4. The molecule has 1 fully saturated rings. The summed E-state index contributed by atoms with van der Waals surface area (Å²) >= 11 is 1.62. The maximum Gasteiger partial charge on any atom is 0.243 e. The average Bonchev–Trinajstić information content (AvgIpc) is 3.21. The van der Waals surface area contributed by atoms with Crippen LogP contribution in [0.5, 0.6) is 0 Å². The summed E-state index contributed by atoms with van der Waals surface area (Å²) < 4.78 is 39.7. The van der Waals surface area contributed by atoms with E-state index in [-0.39, 0.29) is 35.9 Å². The Balaban J connectivity index is 1.59. The van der Waals surface area contributed by atoms with Gasteiger partial charge in [-0.05, 0) is 55.0 Å². The number of hydrogen-bond acceptors (Lipinski definition) is 4. The molecule has 8 heteroatoms. The van der Waals surface area contributed by atoms with Gasteiger partial charge in [-0.1, -0.05) is 13.0 Å². The second-order valence-corrected chi connectivity index (χ2v) is 9.53. The molecule has 1 amide bonds. The lowest BCUT2D eigenvalue weighted by molar-refractivity contribution is -0.126. The van der Waals surface area contributed by atoms with E-state index in [0.717, 1.165) is 23.4 Å². The Morgan fingerprint density at radius 3 is 2.48 bits per heavy atom. The molecule has 2 heterocycles. The van der Waals surface area contributed by atoms with Crippen LogP contribution in [0, 0.1) is 11.7 Å². The number of sulfonamides is 1. The molecule has 0 aliphatic carbocycles. The predicted molar refractivity (Wildman–Crippen MR) is 103 cm³/mol. The second kappa shape index (κ2) is 8.50. The van der Waals surface area contributed by atoms with Crippen molar-refractivity contribution in [1.82, 2.24) is 9.62 Å². The fourth-order valence-electron chi connectivity index (χ4n) is 3.27. The van der Waals surface area contributed by atoms with E-state index in [4.69, 9.17) is 0 Å². The molecule has 1 N–H and O–H groups in total. The van der Waals surface area contributed by atoms with Crippen LogP contribution in [0.1, 0.15) is 37.1 Å². The number of rotatable bonds is 6. The number of amides is 1. The zero-order valence-electron chi connectivity index (χ0n) is 15.1. The molecule has 1 atom stereocenters. The molecule has 1 aromatic carbocycles. The van der Waals surface area contributed by atoms with E-state index in [1.165, 1.54) is 16.4 Å². The summed E-state index contributed by atoms with van der Waals surface area (Å²) in [6, 6.07) is 8.81. The molecular weight excluding hydrogens is 387 g/mol. The minimum absolute atomic E-state index is 0.00141. The summed E-state index contributed by atoms with van der Waals surface area (Å²) in [6.45, 7) is 2.60. The van der Waals surface area contributed by atoms with Gasteiger partial charge in [0.2, 0.25) is 15.9 Å². The Hall–Kier alpha value is -1.77. The summed E-state index contributed by atoms with van der Waals surface area (Å²) in [5, 5.41) is 5.08. The van der Waals surface area contributed by atoms with Crippen LogP contribution in [-0.2, 0) is 14.8 Å². The topological polar surface area (TPSA) is 66.5 Å².